The van der Waals surface area contributed by atoms with E-state index in [0.29, 0.717) is 0 Å². The molecule has 0 radical (unpaired) electrons. The standard InChI is InChI=1S/C45H68Si/c1-28-25-38-35(30-17-21-33(22-18-30)44(3,4)5)14-12-16-37(38)42(28)46(9,10)43-29(2)26-39-40(43)27-32-13-11-15-36(32)41(39)31-19-23-34(24-20-31)45(6,7)8/h17-24,28-29,32,35-43H,11-16,25-27H2,1-10H3. The zero-order valence-electron chi connectivity index (χ0n) is 31.4. The van der Waals surface area contributed by atoms with Crippen LogP contribution < -0.4 is 0 Å². The number of hydrogen-bond acceptors (Lipinski definition) is 0. The minimum atomic E-state index is -1.55. The average molecular weight is 637 g/mol. The molecule has 5 aliphatic carbocycles. The lowest BCUT2D eigenvalue weighted by atomic mass is 9.61. The van der Waals surface area contributed by atoms with Crippen LogP contribution in [0.5, 0.6) is 0 Å². The zero-order valence-corrected chi connectivity index (χ0v) is 32.4. The molecule has 0 spiro atoms. The van der Waals surface area contributed by atoms with Crippen LogP contribution in [0.25, 0.3) is 0 Å². The Balaban J connectivity index is 1.17. The molecule has 2 aromatic carbocycles. The number of fused-ring (bicyclic) bond motifs is 3. The van der Waals surface area contributed by atoms with Crippen molar-refractivity contribution >= 4 is 8.07 Å². The van der Waals surface area contributed by atoms with Crippen molar-refractivity contribution in [2.24, 2.45) is 47.3 Å². The summed E-state index contributed by atoms with van der Waals surface area (Å²) in [7, 11) is -1.55. The van der Waals surface area contributed by atoms with E-state index in [1.54, 1.807) is 17.5 Å². The monoisotopic (exact) mass is 637 g/mol. The quantitative estimate of drug-likeness (QED) is 0.293. The zero-order chi connectivity index (χ0) is 32.8. The van der Waals surface area contributed by atoms with Crippen molar-refractivity contribution in [2.45, 2.75) is 160 Å². The van der Waals surface area contributed by atoms with Gasteiger partial charge < -0.3 is 0 Å². The average Bonchev–Trinajstić information content (AvgIpc) is 3.69. The summed E-state index contributed by atoms with van der Waals surface area (Å²) in [6, 6.07) is 20.1. The number of hydrogen-bond donors (Lipinski definition) is 0. The molecule has 5 aliphatic rings. The molecule has 2 aromatic rings. The van der Waals surface area contributed by atoms with Crippen LogP contribution in [-0.2, 0) is 10.8 Å². The highest BCUT2D eigenvalue weighted by atomic mass is 28.3. The highest BCUT2D eigenvalue weighted by Gasteiger charge is 2.61. The lowest BCUT2D eigenvalue weighted by Gasteiger charge is -2.51. The molecule has 5 fully saturated rings. The van der Waals surface area contributed by atoms with Gasteiger partial charge in [-0.05, 0) is 135 Å². The second-order valence-electron chi connectivity index (χ2n) is 20.4. The Hall–Kier alpha value is -1.34. The van der Waals surface area contributed by atoms with E-state index in [-0.39, 0.29) is 10.8 Å². The van der Waals surface area contributed by atoms with Gasteiger partial charge in [0.15, 0.2) is 0 Å². The van der Waals surface area contributed by atoms with Crippen LogP contribution in [0, 0.1) is 47.3 Å². The molecular weight excluding hydrogens is 569 g/mol. The summed E-state index contributed by atoms with van der Waals surface area (Å²) in [5.41, 5.74) is 8.82. The van der Waals surface area contributed by atoms with Crippen molar-refractivity contribution in [1.29, 1.82) is 0 Å². The van der Waals surface area contributed by atoms with Gasteiger partial charge in [-0.3, -0.25) is 0 Å². The Labute approximate surface area is 285 Å². The highest BCUT2D eigenvalue weighted by Crippen LogP contribution is 2.69. The van der Waals surface area contributed by atoms with Crippen LogP contribution in [-0.4, -0.2) is 8.07 Å². The van der Waals surface area contributed by atoms with Crippen molar-refractivity contribution in [2.75, 3.05) is 0 Å². The van der Waals surface area contributed by atoms with Gasteiger partial charge in [-0.15, -0.1) is 0 Å². The molecule has 252 valence electrons. The Morgan fingerprint density at radius 1 is 0.522 bits per heavy atom. The highest BCUT2D eigenvalue weighted by molar-refractivity contribution is 6.80. The molecule has 0 saturated heterocycles. The lowest BCUT2D eigenvalue weighted by Crippen LogP contribution is -2.48. The third-order valence-corrected chi connectivity index (χ3v) is 20.8. The summed E-state index contributed by atoms with van der Waals surface area (Å²) >= 11 is 0. The minimum absolute atomic E-state index is 0.232. The van der Waals surface area contributed by atoms with E-state index in [1.807, 2.05) is 0 Å². The van der Waals surface area contributed by atoms with Crippen molar-refractivity contribution < 1.29 is 0 Å². The molecule has 12 unspecified atom stereocenters. The van der Waals surface area contributed by atoms with Gasteiger partial charge in [0.25, 0.3) is 0 Å². The Bertz CT molecular complexity index is 1350. The second kappa shape index (κ2) is 11.9. The third-order valence-electron chi connectivity index (χ3n) is 15.4. The molecule has 0 aliphatic heterocycles. The molecular formula is C45H68Si. The molecule has 46 heavy (non-hydrogen) atoms. The molecule has 0 heterocycles. The van der Waals surface area contributed by atoms with Gasteiger partial charge in [0.2, 0.25) is 0 Å². The summed E-state index contributed by atoms with van der Waals surface area (Å²) in [5.74, 6) is 9.09. The summed E-state index contributed by atoms with van der Waals surface area (Å²) in [4.78, 5) is 0. The van der Waals surface area contributed by atoms with Crippen LogP contribution in [0.4, 0.5) is 0 Å². The van der Waals surface area contributed by atoms with E-state index < -0.39 is 8.07 Å². The maximum Gasteiger partial charge on any atom is 0.0546 e. The van der Waals surface area contributed by atoms with Crippen LogP contribution in [0.1, 0.15) is 147 Å². The molecule has 0 amide bonds. The van der Waals surface area contributed by atoms with Crippen LogP contribution in [0.2, 0.25) is 24.2 Å². The maximum absolute atomic E-state index is 2.93. The van der Waals surface area contributed by atoms with Crippen molar-refractivity contribution in [3.05, 3.63) is 70.8 Å². The summed E-state index contributed by atoms with van der Waals surface area (Å²) in [6.07, 6.45) is 13.4. The molecule has 0 bridgehead atoms. The van der Waals surface area contributed by atoms with Crippen LogP contribution in [0.3, 0.4) is 0 Å². The summed E-state index contributed by atoms with van der Waals surface area (Å²) < 4.78 is 0. The maximum atomic E-state index is 2.93. The predicted molar refractivity (Wildman–Crippen MR) is 202 cm³/mol. The SMILES string of the molecule is CC1CC2C(c3ccc(C(C)(C)C)cc3)CCCC2C1[Si](C)(C)C1C(C)CC2C1CC1CCCC1C2c1ccc(C(C)(C)C)cc1. The van der Waals surface area contributed by atoms with Crippen molar-refractivity contribution in [3.63, 3.8) is 0 Å². The fourth-order valence-electron chi connectivity index (χ4n) is 13.9. The van der Waals surface area contributed by atoms with E-state index in [9.17, 15) is 0 Å². The first-order valence-electron chi connectivity index (χ1n) is 19.9. The first-order valence-corrected chi connectivity index (χ1v) is 23.0. The van der Waals surface area contributed by atoms with E-state index in [4.69, 9.17) is 0 Å². The lowest BCUT2D eigenvalue weighted by molar-refractivity contribution is 0.120. The van der Waals surface area contributed by atoms with Gasteiger partial charge >= 0.3 is 0 Å². The molecule has 0 N–H and O–H groups in total. The molecule has 12 atom stereocenters. The van der Waals surface area contributed by atoms with Crippen LogP contribution >= 0.6 is 0 Å². The first kappa shape index (κ1) is 33.2. The summed E-state index contributed by atoms with van der Waals surface area (Å²) in [5, 5.41) is 0. The topological polar surface area (TPSA) is 0 Å². The molecule has 0 aromatic heterocycles. The van der Waals surface area contributed by atoms with E-state index in [1.165, 1.54) is 62.5 Å². The first-order chi connectivity index (χ1) is 21.7. The van der Waals surface area contributed by atoms with E-state index >= 15 is 0 Å². The van der Waals surface area contributed by atoms with Crippen LogP contribution in [0.15, 0.2) is 48.5 Å². The van der Waals surface area contributed by atoms with E-state index in [0.717, 1.165) is 70.3 Å². The van der Waals surface area contributed by atoms with Crippen molar-refractivity contribution in [1.82, 2.24) is 0 Å². The van der Waals surface area contributed by atoms with E-state index in [2.05, 4.69) is 117 Å². The smallest absolute Gasteiger partial charge is 0.0546 e. The number of rotatable bonds is 4. The number of benzene rings is 2. The normalized spacial score (nSPS) is 39.6. The molecule has 5 saturated carbocycles. The van der Waals surface area contributed by atoms with Gasteiger partial charge in [0.05, 0.1) is 8.07 Å². The fraction of sp³-hybridized carbons (Fsp3) is 0.733. The Kier molecular flexibility index (Phi) is 8.59. The van der Waals surface area contributed by atoms with Gasteiger partial charge in [-0.2, -0.15) is 0 Å². The van der Waals surface area contributed by atoms with Crippen molar-refractivity contribution in [3.8, 4) is 0 Å². The predicted octanol–water partition coefficient (Wildman–Crippen LogP) is 13.1. The second-order valence-corrected chi connectivity index (χ2v) is 25.3. The minimum Gasteiger partial charge on any atom is -0.0689 e. The molecule has 0 nitrogen and oxygen atoms in total. The third kappa shape index (κ3) is 5.63. The summed E-state index contributed by atoms with van der Waals surface area (Å²) in [6.45, 7) is 25.5. The van der Waals surface area contributed by atoms with Gasteiger partial charge in [-0.1, -0.05) is 143 Å². The largest absolute Gasteiger partial charge is 0.0689 e. The van der Waals surface area contributed by atoms with Gasteiger partial charge in [0, 0.05) is 0 Å². The van der Waals surface area contributed by atoms with Gasteiger partial charge in [0.1, 0.15) is 0 Å². The molecule has 1 heteroatoms. The fourth-order valence-corrected chi connectivity index (χ4v) is 20.5. The molecule has 7 rings (SSSR count). The van der Waals surface area contributed by atoms with Gasteiger partial charge in [-0.25, -0.2) is 0 Å². The Morgan fingerprint density at radius 3 is 1.61 bits per heavy atom. The Morgan fingerprint density at radius 2 is 1.02 bits per heavy atom.